The van der Waals surface area contributed by atoms with Gasteiger partial charge in [-0.3, -0.25) is 10.4 Å². The number of alkyl halides is 1. The van der Waals surface area contributed by atoms with Gasteiger partial charge in [0.2, 0.25) is 0 Å². The molecule has 0 aliphatic heterocycles. The minimum atomic E-state index is 0.0288. The Bertz CT molecular complexity index is 338. The molecule has 0 bridgehead atoms. The SMILES string of the molecule is CCCC(I)C(=N)OCC(N)=NC1(CC)CCCCC1. The van der Waals surface area contributed by atoms with E-state index in [0.29, 0.717) is 11.7 Å². The summed E-state index contributed by atoms with van der Waals surface area (Å²) >= 11 is 2.25. The minimum absolute atomic E-state index is 0.0288. The van der Waals surface area contributed by atoms with Crippen LogP contribution in [0.5, 0.6) is 0 Å². The van der Waals surface area contributed by atoms with E-state index in [1.807, 2.05) is 0 Å². The Balaban J connectivity index is 2.50. The van der Waals surface area contributed by atoms with Crippen molar-refractivity contribution in [1.29, 1.82) is 5.41 Å². The molecule has 1 atom stereocenters. The maximum Gasteiger partial charge on any atom is 0.194 e. The van der Waals surface area contributed by atoms with Gasteiger partial charge in [0.25, 0.3) is 0 Å². The van der Waals surface area contributed by atoms with Crippen LogP contribution >= 0.6 is 22.6 Å². The van der Waals surface area contributed by atoms with E-state index < -0.39 is 0 Å². The summed E-state index contributed by atoms with van der Waals surface area (Å²) in [6.07, 6.45) is 9.12. The first-order valence-corrected chi connectivity index (χ1v) is 8.97. The number of nitrogens with one attached hydrogen (secondary N) is 1. The van der Waals surface area contributed by atoms with E-state index in [4.69, 9.17) is 20.9 Å². The molecule has 0 aromatic carbocycles. The van der Waals surface area contributed by atoms with Crippen LogP contribution in [0.4, 0.5) is 0 Å². The van der Waals surface area contributed by atoms with Crippen LogP contribution < -0.4 is 5.73 Å². The number of aliphatic imine (C=N–C) groups is 1. The monoisotopic (exact) mass is 393 g/mol. The van der Waals surface area contributed by atoms with Gasteiger partial charge in [-0.1, -0.05) is 62.1 Å². The number of hydrogen-bond donors (Lipinski definition) is 2. The molecule has 0 aromatic heterocycles. The number of rotatable bonds is 7. The van der Waals surface area contributed by atoms with E-state index in [0.717, 1.165) is 32.1 Å². The number of nitrogens with zero attached hydrogens (tertiary/aromatic N) is 1. The molecule has 0 aromatic rings. The summed E-state index contributed by atoms with van der Waals surface area (Å²) in [7, 11) is 0. The molecule has 1 aliphatic rings. The van der Waals surface area contributed by atoms with Gasteiger partial charge in [0.05, 0.1) is 9.46 Å². The molecule has 4 nitrogen and oxygen atoms in total. The van der Waals surface area contributed by atoms with Crippen molar-refractivity contribution in [2.75, 3.05) is 6.61 Å². The summed E-state index contributed by atoms with van der Waals surface area (Å²) in [5.74, 6) is 0.860. The van der Waals surface area contributed by atoms with Crippen LogP contribution in [-0.2, 0) is 4.74 Å². The standard InChI is InChI=1S/C15H28IN3O/c1-3-8-12(16)14(18)20-11-13(17)19-15(4-2)9-6-5-7-10-15/h12,18H,3-11H2,1-2H3,(H2,17,19). The molecule has 116 valence electrons. The smallest absolute Gasteiger partial charge is 0.194 e. The van der Waals surface area contributed by atoms with Crippen LogP contribution in [0.1, 0.15) is 65.2 Å². The summed E-state index contributed by atoms with van der Waals surface area (Å²) < 4.78 is 5.61. The number of amidine groups is 1. The third-order valence-electron chi connectivity index (χ3n) is 4.03. The number of ether oxygens (including phenoxy) is 1. The van der Waals surface area contributed by atoms with E-state index in [-0.39, 0.29) is 16.1 Å². The average Bonchev–Trinajstić information content (AvgIpc) is 2.46. The summed E-state index contributed by atoms with van der Waals surface area (Å²) in [6, 6.07) is 0. The van der Waals surface area contributed by atoms with E-state index in [1.54, 1.807) is 0 Å². The summed E-state index contributed by atoms with van der Waals surface area (Å²) in [4.78, 5) is 4.73. The van der Waals surface area contributed by atoms with Crippen LogP contribution in [0.2, 0.25) is 0 Å². The van der Waals surface area contributed by atoms with Crippen molar-refractivity contribution >= 4 is 34.3 Å². The van der Waals surface area contributed by atoms with Crippen molar-refractivity contribution in [3.8, 4) is 0 Å². The zero-order valence-electron chi connectivity index (χ0n) is 12.8. The second-order valence-corrected chi connectivity index (χ2v) is 7.15. The maximum atomic E-state index is 7.86. The second-order valence-electron chi connectivity index (χ2n) is 5.65. The molecule has 5 heteroatoms. The Labute approximate surface area is 136 Å². The first kappa shape index (κ1) is 17.7. The summed E-state index contributed by atoms with van der Waals surface area (Å²) in [5.41, 5.74) is 6.04. The van der Waals surface area contributed by atoms with Crippen LogP contribution in [0.15, 0.2) is 4.99 Å². The summed E-state index contributed by atoms with van der Waals surface area (Å²) in [6.45, 7) is 4.56. The Morgan fingerprint density at radius 3 is 2.55 bits per heavy atom. The van der Waals surface area contributed by atoms with Crippen molar-refractivity contribution in [2.24, 2.45) is 10.7 Å². The van der Waals surface area contributed by atoms with E-state index in [2.05, 4.69) is 36.4 Å². The molecule has 1 rings (SSSR count). The molecule has 1 saturated carbocycles. The highest BCUT2D eigenvalue weighted by atomic mass is 127. The lowest BCUT2D eigenvalue weighted by atomic mass is 9.80. The minimum Gasteiger partial charge on any atom is -0.472 e. The number of nitrogens with two attached hydrogens (primary N) is 1. The van der Waals surface area contributed by atoms with Crippen LogP contribution in [-0.4, -0.2) is 27.8 Å². The first-order chi connectivity index (χ1) is 9.53. The fourth-order valence-corrected chi connectivity index (χ4v) is 3.52. The Hall–Kier alpha value is -0.330. The lowest BCUT2D eigenvalue weighted by Gasteiger charge is -2.33. The van der Waals surface area contributed by atoms with Gasteiger partial charge in [0, 0.05) is 0 Å². The Kier molecular flexibility index (Phi) is 7.84. The molecule has 1 fully saturated rings. The predicted octanol–water partition coefficient (Wildman–Crippen LogP) is 4.05. The molecular weight excluding hydrogens is 365 g/mol. The van der Waals surface area contributed by atoms with Crippen LogP contribution in [0.25, 0.3) is 0 Å². The third-order valence-corrected chi connectivity index (χ3v) is 5.21. The molecule has 0 heterocycles. The van der Waals surface area contributed by atoms with Gasteiger partial charge in [0.15, 0.2) is 5.90 Å². The lowest BCUT2D eigenvalue weighted by molar-refractivity contribution is 0.285. The molecule has 0 spiro atoms. The zero-order valence-corrected chi connectivity index (χ0v) is 14.9. The van der Waals surface area contributed by atoms with Crippen molar-refractivity contribution in [2.45, 2.75) is 74.7 Å². The number of halogens is 1. The molecule has 0 saturated heterocycles. The molecule has 1 unspecified atom stereocenters. The lowest BCUT2D eigenvalue weighted by Crippen LogP contribution is -2.34. The van der Waals surface area contributed by atoms with Crippen LogP contribution in [0.3, 0.4) is 0 Å². The zero-order chi connectivity index (χ0) is 15.0. The van der Waals surface area contributed by atoms with Gasteiger partial charge in [-0.2, -0.15) is 0 Å². The fourth-order valence-electron chi connectivity index (χ4n) is 2.72. The topological polar surface area (TPSA) is 71.5 Å². The Morgan fingerprint density at radius 2 is 2.00 bits per heavy atom. The van der Waals surface area contributed by atoms with E-state index >= 15 is 0 Å². The largest absolute Gasteiger partial charge is 0.472 e. The number of hydrogen-bond acceptors (Lipinski definition) is 3. The van der Waals surface area contributed by atoms with E-state index in [9.17, 15) is 0 Å². The van der Waals surface area contributed by atoms with Crippen molar-refractivity contribution in [3.05, 3.63) is 0 Å². The Morgan fingerprint density at radius 1 is 1.35 bits per heavy atom. The van der Waals surface area contributed by atoms with Gasteiger partial charge in [-0.15, -0.1) is 0 Å². The fraction of sp³-hybridized carbons (Fsp3) is 0.867. The molecular formula is C15H28IN3O. The van der Waals surface area contributed by atoms with Gasteiger partial charge in [0.1, 0.15) is 12.4 Å². The van der Waals surface area contributed by atoms with Crippen molar-refractivity contribution in [3.63, 3.8) is 0 Å². The second kappa shape index (κ2) is 8.85. The highest BCUT2D eigenvalue weighted by Gasteiger charge is 2.29. The first-order valence-electron chi connectivity index (χ1n) is 7.72. The van der Waals surface area contributed by atoms with Crippen molar-refractivity contribution < 1.29 is 4.74 Å². The quantitative estimate of drug-likeness (QED) is 0.296. The third kappa shape index (κ3) is 5.58. The van der Waals surface area contributed by atoms with Crippen molar-refractivity contribution in [1.82, 2.24) is 0 Å². The average molecular weight is 393 g/mol. The van der Waals surface area contributed by atoms with Gasteiger partial charge in [-0.05, 0) is 25.7 Å². The molecule has 0 radical (unpaired) electrons. The van der Waals surface area contributed by atoms with Gasteiger partial charge in [-0.25, -0.2) is 0 Å². The normalized spacial score (nSPS) is 20.4. The van der Waals surface area contributed by atoms with E-state index in [1.165, 1.54) is 19.3 Å². The highest BCUT2D eigenvalue weighted by molar-refractivity contribution is 14.1. The molecule has 0 amide bonds. The predicted molar refractivity (Wildman–Crippen MR) is 94.1 cm³/mol. The highest BCUT2D eigenvalue weighted by Crippen LogP contribution is 2.34. The maximum absolute atomic E-state index is 7.86. The van der Waals surface area contributed by atoms with Gasteiger partial charge >= 0.3 is 0 Å². The van der Waals surface area contributed by atoms with Gasteiger partial charge < -0.3 is 10.5 Å². The molecule has 1 aliphatic carbocycles. The molecule has 20 heavy (non-hydrogen) atoms. The van der Waals surface area contributed by atoms with Crippen LogP contribution in [0, 0.1) is 5.41 Å². The molecule has 3 N–H and O–H groups in total. The summed E-state index contributed by atoms with van der Waals surface area (Å²) in [5, 5.41) is 7.86.